The van der Waals surface area contributed by atoms with Gasteiger partial charge in [-0.3, -0.25) is 15.2 Å². The van der Waals surface area contributed by atoms with Crippen molar-refractivity contribution in [2.45, 2.75) is 27.2 Å². The van der Waals surface area contributed by atoms with Crippen LogP contribution in [-0.2, 0) is 11.2 Å². The zero-order valence-electron chi connectivity index (χ0n) is 16.9. The number of carbonyl (C=O) groups excluding carboxylic acids is 1. The monoisotopic (exact) mass is 384 g/mol. The SMILES string of the molecule is Cc1cc(C)c2c(CC(=O)NN(c3ccccc3)c3ccccc3)coc2c1C. The van der Waals surface area contributed by atoms with E-state index in [2.05, 4.69) is 32.3 Å². The minimum atomic E-state index is -0.0990. The lowest BCUT2D eigenvalue weighted by Gasteiger charge is -2.25. The Hall–Kier alpha value is -3.53. The molecule has 1 N–H and O–H groups in total. The number of rotatable bonds is 5. The van der Waals surface area contributed by atoms with Gasteiger partial charge in [-0.25, -0.2) is 0 Å². The van der Waals surface area contributed by atoms with E-state index in [1.165, 1.54) is 5.56 Å². The summed E-state index contributed by atoms with van der Waals surface area (Å²) in [5, 5.41) is 2.85. The van der Waals surface area contributed by atoms with Crippen molar-refractivity contribution >= 4 is 28.3 Å². The van der Waals surface area contributed by atoms with Gasteiger partial charge < -0.3 is 4.42 Å². The van der Waals surface area contributed by atoms with Crippen LogP contribution in [0.5, 0.6) is 0 Å². The average molecular weight is 384 g/mol. The number of carbonyl (C=O) groups is 1. The van der Waals surface area contributed by atoms with E-state index in [0.29, 0.717) is 0 Å². The maximum atomic E-state index is 13.0. The first kappa shape index (κ1) is 18.8. The van der Waals surface area contributed by atoms with Gasteiger partial charge in [0.15, 0.2) is 0 Å². The van der Waals surface area contributed by atoms with Crippen LogP contribution in [0.15, 0.2) is 77.4 Å². The number of aryl methyl sites for hydroxylation is 3. The van der Waals surface area contributed by atoms with Gasteiger partial charge in [0, 0.05) is 10.9 Å². The third-order valence-electron chi connectivity index (χ3n) is 5.24. The first-order valence-corrected chi connectivity index (χ1v) is 9.71. The van der Waals surface area contributed by atoms with E-state index in [9.17, 15) is 4.79 Å². The number of furan rings is 1. The Morgan fingerprint density at radius 1 is 0.897 bits per heavy atom. The average Bonchev–Trinajstić information content (AvgIpc) is 3.16. The van der Waals surface area contributed by atoms with Gasteiger partial charge in [0.25, 0.3) is 0 Å². The molecule has 0 saturated carbocycles. The molecule has 4 nitrogen and oxygen atoms in total. The summed E-state index contributed by atoms with van der Waals surface area (Å²) < 4.78 is 5.82. The van der Waals surface area contributed by atoms with Crippen LogP contribution in [0.1, 0.15) is 22.3 Å². The Morgan fingerprint density at radius 3 is 2.07 bits per heavy atom. The predicted molar refractivity (Wildman–Crippen MR) is 117 cm³/mol. The normalized spacial score (nSPS) is 10.9. The molecule has 0 radical (unpaired) electrons. The third-order valence-corrected chi connectivity index (χ3v) is 5.24. The van der Waals surface area contributed by atoms with E-state index in [4.69, 9.17) is 4.42 Å². The Morgan fingerprint density at radius 2 is 1.48 bits per heavy atom. The van der Waals surface area contributed by atoms with Gasteiger partial charge in [-0.05, 0) is 61.7 Å². The fourth-order valence-corrected chi connectivity index (χ4v) is 3.69. The van der Waals surface area contributed by atoms with Crippen molar-refractivity contribution < 1.29 is 9.21 Å². The van der Waals surface area contributed by atoms with E-state index >= 15 is 0 Å². The molecule has 4 rings (SSSR count). The first-order chi connectivity index (χ1) is 14.0. The molecule has 1 amide bonds. The molecule has 0 aliphatic heterocycles. The van der Waals surface area contributed by atoms with Gasteiger partial charge >= 0.3 is 0 Å². The van der Waals surface area contributed by atoms with Crippen LogP contribution in [0.3, 0.4) is 0 Å². The third kappa shape index (κ3) is 3.74. The van der Waals surface area contributed by atoms with Crippen molar-refractivity contribution in [2.75, 3.05) is 5.01 Å². The van der Waals surface area contributed by atoms with Crippen LogP contribution < -0.4 is 10.4 Å². The van der Waals surface area contributed by atoms with Gasteiger partial charge in [0.05, 0.1) is 24.1 Å². The second-order valence-electron chi connectivity index (χ2n) is 7.32. The quantitative estimate of drug-likeness (QED) is 0.444. The van der Waals surface area contributed by atoms with Gasteiger partial charge in [0.1, 0.15) is 5.58 Å². The zero-order valence-corrected chi connectivity index (χ0v) is 16.9. The van der Waals surface area contributed by atoms with E-state index in [0.717, 1.165) is 39.0 Å². The number of nitrogens with zero attached hydrogens (tertiary/aromatic N) is 1. The fourth-order valence-electron chi connectivity index (χ4n) is 3.69. The lowest BCUT2D eigenvalue weighted by molar-refractivity contribution is -0.120. The summed E-state index contributed by atoms with van der Waals surface area (Å²) in [5.74, 6) is -0.0990. The first-order valence-electron chi connectivity index (χ1n) is 9.71. The number of amides is 1. The summed E-state index contributed by atoms with van der Waals surface area (Å²) in [6, 6.07) is 21.8. The predicted octanol–water partition coefficient (Wildman–Crippen LogP) is 5.77. The molecular weight excluding hydrogens is 360 g/mol. The second kappa shape index (κ2) is 7.84. The highest BCUT2D eigenvalue weighted by molar-refractivity contribution is 5.92. The number of benzene rings is 3. The second-order valence-corrected chi connectivity index (χ2v) is 7.32. The molecule has 146 valence electrons. The smallest absolute Gasteiger partial charge is 0.243 e. The maximum Gasteiger partial charge on any atom is 0.243 e. The minimum Gasteiger partial charge on any atom is -0.464 e. The highest BCUT2D eigenvalue weighted by Crippen LogP contribution is 2.30. The molecular formula is C25H24N2O2. The van der Waals surface area contributed by atoms with E-state index in [1.807, 2.05) is 65.7 Å². The molecule has 4 aromatic rings. The van der Waals surface area contributed by atoms with Crippen LogP contribution in [0.25, 0.3) is 11.0 Å². The molecule has 0 saturated heterocycles. The van der Waals surface area contributed by atoms with Crippen molar-refractivity contribution in [3.05, 3.63) is 95.2 Å². The molecule has 0 spiro atoms. The van der Waals surface area contributed by atoms with Gasteiger partial charge in [-0.15, -0.1) is 0 Å². The van der Waals surface area contributed by atoms with Crippen molar-refractivity contribution in [3.63, 3.8) is 0 Å². The Balaban J connectivity index is 1.63. The molecule has 0 fully saturated rings. The molecule has 0 unspecified atom stereocenters. The summed E-state index contributed by atoms with van der Waals surface area (Å²) in [4.78, 5) is 13.0. The lowest BCUT2D eigenvalue weighted by Crippen LogP contribution is -2.39. The van der Waals surface area contributed by atoms with E-state index < -0.39 is 0 Å². The molecule has 4 heteroatoms. The van der Waals surface area contributed by atoms with Crippen LogP contribution in [0, 0.1) is 20.8 Å². The zero-order chi connectivity index (χ0) is 20.4. The summed E-state index contributed by atoms with van der Waals surface area (Å²) in [7, 11) is 0. The highest BCUT2D eigenvalue weighted by Gasteiger charge is 2.18. The molecule has 0 atom stereocenters. The van der Waals surface area contributed by atoms with Crippen molar-refractivity contribution in [1.29, 1.82) is 0 Å². The lowest BCUT2D eigenvalue weighted by atomic mass is 9.99. The molecule has 29 heavy (non-hydrogen) atoms. The van der Waals surface area contributed by atoms with Gasteiger partial charge in [0.2, 0.25) is 5.91 Å². The number of nitrogens with one attached hydrogen (secondary N) is 1. The number of hydrogen-bond donors (Lipinski definition) is 1. The Bertz CT molecular complexity index is 1110. The maximum absolute atomic E-state index is 13.0. The number of hydrazine groups is 1. The molecule has 1 aromatic heterocycles. The summed E-state index contributed by atoms with van der Waals surface area (Å²) in [5.41, 5.74) is 10.1. The Labute approximate surface area is 170 Å². The summed E-state index contributed by atoms with van der Waals surface area (Å²) in [6.45, 7) is 6.19. The van der Waals surface area contributed by atoms with E-state index in [-0.39, 0.29) is 12.3 Å². The number of hydrogen-bond acceptors (Lipinski definition) is 3. The summed E-state index contributed by atoms with van der Waals surface area (Å²) >= 11 is 0. The van der Waals surface area contributed by atoms with Gasteiger partial charge in [-0.1, -0.05) is 42.5 Å². The Kier molecular flexibility index (Phi) is 5.09. The summed E-state index contributed by atoms with van der Waals surface area (Å²) in [6.07, 6.45) is 1.95. The van der Waals surface area contributed by atoms with Crippen LogP contribution in [0.4, 0.5) is 11.4 Å². The molecule has 1 heterocycles. The topological polar surface area (TPSA) is 45.5 Å². The van der Waals surface area contributed by atoms with E-state index in [1.54, 1.807) is 6.26 Å². The molecule has 0 aliphatic carbocycles. The number of anilines is 2. The molecule has 3 aromatic carbocycles. The standard InChI is InChI=1S/C25H24N2O2/c1-17-14-18(2)24-20(16-29-25(24)19(17)3)15-23(28)26-27(21-10-6-4-7-11-21)22-12-8-5-9-13-22/h4-14,16H,15H2,1-3H3,(H,26,28). The largest absolute Gasteiger partial charge is 0.464 e. The van der Waals surface area contributed by atoms with Crippen LogP contribution in [0.2, 0.25) is 0 Å². The highest BCUT2D eigenvalue weighted by atomic mass is 16.3. The fraction of sp³-hybridized carbons (Fsp3) is 0.160. The van der Waals surface area contributed by atoms with Crippen molar-refractivity contribution in [1.82, 2.24) is 5.43 Å². The van der Waals surface area contributed by atoms with Crippen molar-refractivity contribution in [2.24, 2.45) is 0 Å². The minimum absolute atomic E-state index is 0.0990. The van der Waals surface area contributed by atoms with Gasteiger partial charge in [-0.2, -0.15) is 0 Å². The number of para-hydroxylation sites is 2. The van der Waals surface area contributed by atoms with Crippen molar-refractivity contribution in [3.8, 4) is 0 Å². The van der Waals surface area contributed by atoms with Crippen LogP contribution >= 0.6 is 0 Å². The number of fused-ring (bicyclic) bond motifs is 1. The molecule has 0 bridgehead atoms. The molecule has 0 aliphatic rings. The van der Waals surface area contributed by atoms with Crippen LogP contribution in [-0.4, -0.2) is 5.91 Å².